The van der Waals surface area contributed by atoms with Gasteiger partial charge >= 0.3 is 0 Å². The van der Waals surface area contributed by atoms with Gasteiger partial charge < -0.3 is 25.6 Å². The van der Waals surface area contributed by atoms with Crippen LogP contribution in [0.3, 0.4) is 0 Å². The van der Waals surface area contributed by atoms with E-state index < -0.39 is 24.5 Å². The van der Waals surface area contributed by atoms with Crippen molar-refractivity contribution in [3.8, 4) is 0 Å². The van der Waals surface area contributed by atoms with Gasteiger partial charge in [0.25, 0.3) is 0 Å². The van der Waals surface area contributed by atoms with Crippen molar-refractivity contribution >= 4 is 17.0 Å². The van der Waals surface area contributed by atoms with Crippen LogP contribution in [0, 0.1) is 0 Å². The van der Waals surface area contributed by atoms with Crippen molar-refractivity contribution in [2.75, 3.05) is 18.9 Å². The molecule has 2 aromatic rings. The number of likely N-dealkylation sites (N-methyl/N-ethyl adjacent to an activating group) is 1. The molecule has 0 bridgehead atoms. The van der Waals surface area contributed by atoms with Crippen molar-refractivity contribution in [1.82, 2.24) is 24.8 Å². The van der Waals surface area contributed by atoms with Crippen molar-refractivity contribution in [2.24, 2.45) is 0 Å². The van der Waals surface area contributed by atoms with Crippen LogP contribution in [0.15, 0.2) is 12.7 Å². The molecule has 2 aliphatic rings. The van der Waals surface area contributed by atoms with E-state index in [9.17, 15) is 10.2 Å². The first-order valence-electron chi connectivity index (χ1n) is 8.79. The standard InChI is InChI=1S/C16H24N6O3/c1-17-6-10-12(23)13(24)16(25-10)22-8-20-11-14(18-7-19-15(11)22)21-9-4-2-3-5-9/h7-10,12-13,16-17,23-24H,2-6H2,1H3,(H,18,19,21). The number of nitrogens with one attached hydrogen (secondary N) is 2. The first-order chi connectivity index (χ1) is 12.2. The van der Waals surface area contributed by atoms with Crippen molar-refractivity contribution in [3.05, 3.63) is 12.7 Å². The van der Waals surface area contributed by atoms with Gasteiger partial charge in [-0.15, -0.1) is 0 Å². The van der Waals surface area contributed by atoms with Gasteiger partial charge in [-0.25, -0.2) is 15.0 Å². The number of nitrogens with zero attached hydrogens (tertiary/aromatic N) is 4. The lowest BCUT2D eigenvalue weighted by Gasteiger charge is -2.17. The lowest BCUT2D eigenvalue weighted by atomic mass is 10.1. The molecule has 1 saturated carbocycles. The minimum Gasteiger partial charge on any atom is -0.387 e. The number of aliphatic hydroxyl groups excluding tert-OH is 2. The van der Waals surface area contributed by atoms with E-state index in [0.717, 1.165) is 12.8 Å². The number of anilines is 1. The number of aliphatic hydroxyl groups is 2. The monoisotopic (exact) mass is 348 g/mol. The number of imidazole rings is 1. The smallest absolute Gasteiger partial charge is 0.167 e. The van der Waals surface area contributed by atoms with E-state index >= 15 is 0 Å². The van der Waals surface area contributed by atoms with Gasteiger partial charge in [0, 0.05) is 12.6 Å². The second kappa shape index (κ2) is 6.83. The number of ether oxygens (including phenoxy) is 1. The van der Waals surface area contributed by atoms with Gasteiger partial charge in [0.05, 0.1) is 6.33 Å². The fraction of sp³-hybridized carbons (Fsp3) is 0.688. The molecule has 4 N–H and O–H groups in total. The Labute approximate surface area is 145 Å². The molecule has 136 valence electrons. The normalized spacial score (nSPS) is 30.4. The Balaban J connectivity index is 1.62. The maximum Gasteiger partial charge on any atom is 0.167 e. The fourth-order valence-corrected chi connectivity index (χ4v) is 3.74. The average Bonchev–Trinajstić information content (AvgIpc) is 3.32. The third-order valence-corrected chi connectivity index (χ3v) is 5.07. The number of hydrogen-bond donors (Lipinski definition) is 4. The summed E-state index contributed by atoms with van der Waals surface area (Å²) < 4.78 is 7.50. The fourth-order valence-electron chi connectivity index (χ4n) is 3.74. The van der Waals surface area contributed by atoms with Crippen molar-refractivity contribution in [1.29, 1.82) is 0 Å². The van der Waals surface area contributed by atoms with Gasteiger partial charge in [-0.2, -0.15) is 0 Å². The summed E-state index contributed by atoms with van der Waals surface area (Å²) in [6.45, 7) is 0.449. The van der Waals surface area contributed by atoms with Crippen LogP contribution in [0.25, 0.3) is 11.2 Å². The van der Waals surface area contributed by atoms with Gasteiger partial charge in [0.2, 0.25) is 0 Å². The molecule has 0 spiro atoms. The molecule has 4 rings (SSSR count). The average molecular weight is 348 g/mol. The van der Waals surface area contributed by atoms with E-state index in [2.05, 4.69) is 25.6 Å². The first-order valence-corrected chi connectivity index (χ1v) is 8.79. The van der Waals surface area contributed by atoms with E-state index in [1.165, 1.54) is 19.2 Å². The molecule has 2 fully saturated rings. The molecule has 9 nitrogen and oxygen atoms in total. The predicted octanol–water partition coefficient (Wildman–Crippen LogP) is 0.0194. The second-order valence-electron chi connectivity index (χ2n) is 6.78. The highest BCUT2D eigenvalue weighted by molar-refractivity contribution is 5.82. The molecule has 3 heterocycles. The number of aromatic nitrogens is 4. The summed E-state index contributed by atoms with van der Waals surface area (Å²) in [5.74, 6) is 0.704. The van der Waals surface area contributed by atoms with E-state index in [1.807, 2.05) is 0 Å². The summed E-state index contributed by atoms with van der Waals surface area (Å²) in [6, 6.07) is 0.415. The molecule has 25 heavy (non-hydrogen) atoms. The summed E-state index contributed by atoms with van der Waals surface area (Å²) in [4.78, 5) is 13.1. The molecule has 9 heteroatoms. The lowest BCUT2D eigenvalue weighted by Crippen LogP contribution is -2.36. The maximum absolute atomic E-state index is 10.4. The Morgan fingerprint density at radius 1 is 1.20 bits per heavy atom. The summed E-state index contributed by atoms with van der Waals surface area (Å²) in [6.07, 6.45) is 4.57. The van der Waals surface area contributed by atoms with Crippen LogP contribution in [0.2, 0.25) is 0 Å². The zero-order valence-electron chi connectivity index (χ0n) is 14.2. The Morgan fingerprint density at radius 2 is 2.00 bits per heavy atom. The van der Waals surface area contributed by atoms with Crippen LogP contribution in [-0.4, -0.2) is 67.7 Å². The van der Waals surface area contributed by atoms with E-state index in [1.54, 1.807) is 17.9 Å². The summed E-state index contributed by atoms with van der Waals surface area (Å²) in [5, 5.41) is 27.0. The minimum atomic E-state index is -1.04. The highest BCUT2D eigenvalue weighted by atomic mass is 16.6. The molecule has 2 aromatic heterocycles. The largest absolute Gasteiger partial charge is 0.387 e. The molecule has 1 aliphatic carbocycles. The van der Waals surface area contributed by atoms with Gasteiger partial charge in [-0.05, 0) is 19.9 Å². The third kappa shape index (κ3) is 2.97. The molecule has 4 atom stereocenters. The van der Waals surface area contributed by atoms with Crippen LogP contribution in [0.5, 0.6) is 0 Å². The molecular weight excluding hydrogens is 324 g/mol. The van der Waals surface area contributed by atoms with Crippen molar-refractivity contribution < 1.29 is 14.9 Å². The number of fused-ring (bicyclic) bond motifs is 1. The molecule has 0 radical (unpaired) electrons. The van der Waals surface area contributed by atoms with Crippen LogP contribution in [-0.2, 0) is 4.74 Å². The maximum atomic E-state index is 10.4. The topological polar surface area (TPSA) is 117 Å². The van der Waals surface area contributed by atoms with Crippen LogP contribution in [0.1, 0.15) is 31.9 Å². The summed E-state index contributed by atoms with van der Waals surface area (Å²) in [7, 11) is 1.77. The van der Waals surface area contributed by atoms with Crippen LogP contribution < -0.4 is 10.6 Å². The van der Waals surface area contributed by atoms with Gasteiger partial charge in [-0.3, -0.25) is 4.57 Å². The predicted molar refractivity (Wildman–Crippen MR) is 91.1 cm³/mol. The van der Waals surface area contributed by atoms with Crippen molar-refractivity contribution in [2.45, 2.75) is 56.3 Å². The van der Waals surface area contributed by atoms with Crippen LogP contribution >= 0.6 is 0 Å². The third-order valence-electron chi connectivity index (χ3n) is 5.07. The van der Waals surface area contributed by atoms with E-state index in [-0.39, 0.29) is 0 Å². The summed E-state index contributed by atoms with van der Waals surface area (Å²) in [5.41, 5.74) is 1.23. The van der Waals surface area contributed by atoms with E-state index in [4.69, 9.17) is 4.74 Å². The van der Waals surface area contributed by atoms with Gasteiger partial charge in [0.15, 0.2) is 23.2 Å². The zero-order valence-corrected chi connectivity index (χ0v) is 14.2. The molecule has 4 unspecified atom stereocenters. The van der Waals surface area contributed by atoms with Crippen molar-refractivity contribution in [3.63, 3.8) is 0 Å². The van der Waals surface area contributed by atoms with E-state index in [0.29, 0.717) is 29.6 Å². The number of rotatable bonds is 5. The quantitative estimate of drug-likeness (QED) is 0.597. The van der Waals surface area contributed by atoms with Gasteiger partial charge in [-0.1, -0.05) is 12.8 Å². The minimum absolute atomic E-state index is 0.415. The Bertz CT molecular complexity index is 732. The van der Waals surface area contributed by atoms with Crippen LogP contribution in [0.4, 0.5) is 5.82 Å². The Kier molecular flexibility index (Phi) is 4.55. The molecular formula is C16H24N6O3. The van der Waals surface area contributed by atoms with Gasteiger partial charge in [0.1, 0.15) is 24.6 Å². The molecule has 0 aromatic carbocycles. The highest BCUT2D eigenvalue weighted by Gasteiger charge is 2.43. The Morgan fingerprint density at radius 3 is 2.76 bits per heavy atom. The molecule has 1 saturated heterocycles. The Hall–Kier alpha value is -1.81. The summed E-state index contributed by atoms with van der Waals surface area (Å²) >= 11 is 0. The lowest BCUT2D eigenvalue weighted by molar-refractivity contribution is -0.0337. The first kappa shape index (κ1) is 16.6. The molecule has 0 amide bonds. The SMILES string of the molecule is CNCC1OC(n2cnc3c(NC4CCCC4)ncnc32)C(O)C1O. The molecule has 1 aliphatic heterocycles. The number of hydrogen-bond acceptors (Lipinski definition) is 8. The highest BCUT2D eigenvalue weighted by Crippen LogP contribution is 2.32. The zero-order chi connectivity index (χ0) is 17.4. The second-order valence-corrected chi connectivity index (χ2v) is 6.78.